The molecule has 4 nitrogen and oxygen atoms in total. The van der Waals surface area contributed by atoms with E-state index in [1.165, 1.54) is 22.2 Å². The second-order valence-electron chi connectivity index (χ2n) is 5.85. The predicted octanol–water partition coefficient (Wildman–Crippen LogP) is 2.48. The predicted molar refractivity (Wildman–Crippen MR) is 86.6 cm³/mol. The molecule has 0 saturated carbocycles. The molecule has 3 heterocycles. The van der Waals surface area contributed by atoms with Crippen molar-refractivity contribution >= 4 is 10.9 Å². The minimum absolute atomic E-state index is 0.507. The molecule has 1 aliphatic heterocycles. The van der Waals surface area contributed by atoms with Crippen molar-refractivity contribution in [2.24, 2.45) is 0 Å². The highest BCUT2D eigenvalue weighted by Gasteiger charge is 2.18. The molecule has 3 aromatic rings. The van der Waals surface area contributed by atoms with Crippen LogP contribution in [-0.2, 0) is 19.4 Å². The van der Waals surface area contributed by atoms with E-state index in [1.54, 1.807) is 12.4 Å². The lowest BCUT2D eigenvalue weighted by Crippen LogP contribution is -2.22. The zero-order valence-corrected chi connectivity index (χ0v) is 12.3. The highest BCUT2D eigenvalue weighted by atomic mass is 16.3. The number of benzene rings is 1. The Morgan fingerprint density at radius 1 is 1.18 bits per heavy atom. The van der Waals surface area contributed by atoms with E-state index in [0.29, 0.717) is 6.42 Å². The molecular formula is C18H19N3O. The lowest BCUT2D eigenvalue weighted by molar-refractivity contribution is 0.178. The van der Waals surface area contributed by atoms with Crippen molar-refractivity contribution in [1.82, 2.24) is 15.3 Å². The van der Waals surface area contributed by atoms with Crippen molar-refractivity contribution < 1.29 is 5.11 Å². The van der Waals surface area contributed by atoms with Gasteiger partial charge in [0.25, 0.3) is 0 Å². The standard InChI is InChI=1S/C18H19N3O/c22-17(12-4-7-19-8-5-12)10-13-2-1-3-15-14-6-9-20-11-16(14)21-18(13)15/h1-5,7-8,17,20-22H,6,9-11H2. The third-order valence-corrected chi connectivity index (χ3v) is 4.47. The number of pyridine rings is 1. The number of aromatic nitrogens is 2. The van der Waals surface area contributed by atoms with Gasteiger partial charge in [0.05, 0.1) is 6.10 Å². The average molecular weight is 293 g/mol. The fraction of sp³-hybridized carbons (Fsp3) is 0.278. The molecule has 1 unspecified atom stereocenters. The summed E-state index contributed by atoms with van der Waals surface area (Å²) in [6.45, 7) is 1.93. The van der Waals surface area contributed by atoms with Gasteiger partial charge in [-0.2, -0.15) is 0 Å². The molecule has 0 amide bonds. The van der Waals surface area contributed by atoms with E-state index in [1.807, 2.05) is 12.1 Å². The van der Waals surface area contributed by atoms with Gasteiger partial charge in [0.2, 0.25) is 0 Å². The summed E-state index contributed by atoms with van der Waals surface area (Å²) in [5.74, 6) is 0. The van der Waals surface area contributed by atoms with Gasteiger partial charge in [-0.3, -0.25) is 4.98 Å². The van der Waals surface area contributed by atoms with E-state index in [2.05, 4.69) is 33.5 Å². The highest BCUT2D eigenvalue weighted by molar-refractivity contribution is 5.87. The number of aromatic amines is 1. The Morgan fingerprint density at radius 3 is 2.91 bits per heavy atom. The molecule has 0 spiro atoms. The molecule has 112 valence electrons. The zero-order chi connectivity index (χ0) is 14.9. The number of fused-ring (bicyclic) bond motifs is 3. The summed E-state index contributed by atoms with van der Waals surface area (Å²) in [5, 5.41) is 15.2. The largest absolute Gasteiger partial charge is 0.388 e. The van der Waals surface area contributed by atoms with Crippen molar-refractivity contribution in [2.75, 3.05) is 6.54 Å². The second kappa shape index (κ2) is 5.55. The monoisotopic (exact) mass is 293 g/mol. The van der Waals surface area contributed by atoms with Crippen molar-refractivity contribution in [3.8, 4) is 0 Å². The molecule has 0 saturated heterocycles. The Bertz CT molecular complexity index is 795. The fourth-order valence-corrected chi connectivity index (χ4v) is 3.33. The molecule has 1 atom stereocenters. The molecule has 1 aromatic carbocycles. The summed E-state index contributed by atoms with van der Waals surface area (Å²) >= 11 is 0. The molecule has 22 heavy (non-hydrogen) atoms. The zero-order valence-electron chi connectivity index (χ0n) is 12.3. The van der Waals surface area contributed by atoms with E-state index < -0.39 is 6.10 Å². The quantitative estimate of drug-likeness (QED) is 0.695. The normalized spacial score (nSPS) is 15.7. The number of hydrogen-bond acceptors (Lipinski definition) is 3. The molecule has 0 fully saturated rings. The first-order valence-electron chi connectivity index (χ1n) is 7.73. The number of para-hydroxylation sites is 1. The first-order chi connectivity index (χ1) is 10.8. The maximum absolute atomic E-state index is 10.5. The summed E-state index contributed by atoms with van der Waals surface area (Å²) in [6.07, 6.45) is 4.60. The van der Waals surface area contributed by atoms with Crippen LogP contribution in [0.1, 0.15) is 28.5 Å². The molecule has 0 radical (unpaired) electrons. The minimum atomic E-state index is -0.507. The molecule has 1 aliphatic rings. The number of nitrogens with zero attached hydrogens (tertiary/aromatic N) is 1. The van der Waals surface area contributed by atoms with E-state index in [-0.39, 0.29) is 0 Å². The van der Waals surface area contributed by atoms with Crippen LogP contribution in [0, 0.1) is 0 Å². The number of nitrogens with one attached hydrogen (secondary N) is 2. The van der Waals surface area contributed by atoms with Crippen LogP contribution in [0.15, 0.2) is 42.7 Å². The molecule has 2 aromatic heterocycles. The Labute approximate surface area is 129 Å². The van der Waals surface area contributed by atoms with Crippen LogP contribution in [0.2, 0.25) is 0 Å². The number of aliphatic hydroxyl groups excluding tert-OH is 1. The summed E-state index contributed by atoms with van der Waals surface area (Å²) in [6, 6.07) is 10.1. The van der Waals surface area contributed by atoms with Crippen LogP contribution in [-0.4, -0.2) is 21.6 Å². The van der Waals surface area contributed by atoms with Gasteiger partial charge < -0.3 is 15.4 Å². The van der Waals surface area contributed by atoms with Crippen LogP contribution >= 0.6 is 0 Å². The number of rotatable bonds is 3. The van der Waals surface area contributed by atoms with Crippen LogP contribution in [0.25, 0.3) is 10.9 Å². The Kier molecular flexibility index (Phi) is 3.41. The van der Waals surface area contributed by atoms with Crippen LogP contribution in [0.5, 0.6) is 0 Å². The van der Waals surface area contributed by atoms with Gasteiger partial charge in [-0.1, -0.05) is 18.2 Å². The first kappa shape index (κ1) is 13.5. The highest BCUT2D eigenvalue weighted by Crippen LogP contribution is 2.29. The van der Waals surface area contributed by atoms with E-state index in [9.17, 15) is 5.11 Å². The molecule has 3 N–H and O–H groups in total. The van der Waals surface area contributed by atoms with Crippen LogP contribution in [0.3, 0.4) is 0 Å². The molecule has 4 rings (SSSR count). The van der Waals surface area contributed by atoms with Crippen LogP contribution in [0.4, 0.5) is 0 Å². The lowest BCUT2D eigenvalue weighted by atomic mass is 9.98. The molecule has 4 heteroatoms. The third-order valence-electron chi connectivity index (χ3n) is 4.47. The minimum Gasteiger partial charge on any atom is -0.388 e. The van der Waals surface area contributed by atoms with Crippen molar-refractivity contribution in [1.29, 1.82) is 0 Å². The van der Waals surface area contributed by atoms with Crippen LogP contribution < -0.4 is 5.32 Å². The third kappa shape index (κ3) is 2.30. The number of H-pyrrole nitrogens is 1. The smallest absolute Gasteiger partial charge is 0.0832 e. The Balaban J connectivity index is 1.71. The Hall–Kier alpha value is -2.17. The van der Waals surface area contributed by atoms with Gasteiger partial charge >= 0.3 is 0 Å². The van der Waals surface area contributed by atoms with Crippen molar-refractivity contribution in [2.45, 2.75) is 25.5 Å². The maximum Gasteiger partial charge on any atom is 0.0832 e. The second-order valence-corrected chi connectivity index (χ2v) is 5.85. The summed E-state index contributed by atoms with van der Waals surface area (Å²) < 4.78 is 0. The number of aliphatic hydroxyl groups is 1. The fourth-order valence-electron chi connectivity index (χ4n) is 3.33. The molecule has 0 bridgehead atoms. The van der Waals surface area contributed by atoms with E-state index >= 15 is 0 Å². The van der Waals surface area contributed by atoms with Gasteiger partial charge in [-0.05, 0) is 41.8 Å². The SMILES string of the molecule is OC(Cc1cccc2c3c([nH]c12)CNCC3)c1ccncc1. The summed E-state index contributed by atoms with van der Waals surface area (Å²) in [7, 11) is 0. The maximum atomic E-state index is 10.5. The lowest BCUT2D eigenvalue weighted by Gasteiger charge is -2.12. The van der Waals surface area contributed by atoms with Crippen molar-refractivity contribution in [3.05, 3.63) is 65.1 Å². The Morgan fingerprint density at radius 2 is 2.05 bits per heavy atom. The average Bonchev–Trinajstić information content (AvgIpc) is 2.95. The molecular weight excluding hydrogens is 274 g/mol. The van der Waals surface area contributed by atoms with Gasteiger partial charge in [-0.15, -0.1) is 0 Å². The van der Waals surface area contributed by atoms with Gasteiger partial charge in [0.15, 0.2) is 0 Å². The van der Waals surface area contributed by atoms with Crippen molar-refractivity contribution in [3.63, 3.8) is 0 Å². The van der Waals surface area contributed by atoms with Gasteiger partial charge in [0, 0.05) is 42.0 Å². The van der Waals surface area contributed by atoms with E-state index in [4.69, 9.17) is 0 Å². The molecule has 0 aliphatic carbocycles. The van der Waals surface area contributed by atoms with Gasteiger partial charge in [-0.25, -0.2) is 0 Å². The summed E-state index contributed by atoms with van der Waals surface area (Å²) in [5.41, 5.74) is 5.95. The topological polar surface area (TPSA) is 60.9 Å². The van der Waals surface area contributed by atoms with Gasteiger partial charge in [0.1, 0.15) is 0 Å². The summed E-state index contributed by atoms with van der Waals surface area (Å²) in [4.78, 5) is 7.56. The number of hydrogen-bond donors (Lipinski definition) is 3. The first-order valence-corrected chi connectivity index (χ1v) is 7.73. The van der Waals surface area contributed by atoms with E-state index in [0.717, 1.165) is 30.6 Å².